The lowest BCUT2D eigenvalue weighted by molar-refractivity contribution is -0.137. The summed E-state index contributed by atoms with van der Waals surface area (Å²) in [6.45, 7) is 0. The Morgan fingerprint density at radius 1 is 1.15 bits per heavy atom. The van der Waals surface area contributed by atoms with Crippen LogP contribution in [-0.4, -0.2) is 36.8 Å². The second-order valence-corrected chi connectivity index (χ2v) is 9.01. The van der Waals surface area contributed by atoms with Gasteiger partial charge < -0.3 is 4.74 Å². The molecule has 0 aliphatic heterocycles. The maximum absolute atomic E-state index is 12.8. The molecule has 0 bridgehead atoms. The van der Waals surface area contributed by atoms with E-state index in [0.29, 0.717) is 18.9 Å². The number of sulfone groups is 1. The van der Waals surface area contributed by atoms with E-state index in [0.717, 1.165) is 12.8 Å². The molecule has 0 N–H and O–H groups in total. The molecule has 3 aromatic rings. The average molecular weight is 409 g/mol. The smallest absolute Gasteiger partial charge is 0.321 e. The fraction of sp³-hybridized carbons (Fsp3) is 0.118. The molecule has 0 spiro atoms. The molecule has 0 fully saturated rings. The summed E-state index contributed by atoms with van der Waals surface area (Å²) in [6, 6.07) is 15.9. The van der Waals surface area contributed by atoms with E-state index in [1.54, 1.807) is 28.7 Å². The van der Waals surface area contributed by atoms with E-state index < -0.39 is 21.6 Å². The Bertz CT molecular complexity index is 1030. The largest absolute Gasteiger partial charge is 0.468 e. The van der Waals surface area contributed by atoms with Gasteiger partial charge in [0.2, 0.25) is 0 Å². The van der Waals surface area contributed by atoms with Gasteiger partial charge in [-0.25, -0.2) is 12.9 Å². The first kappa shape index (κ1) is 18.6. The minimum atomic E-state index is -3.90. The van der Waals surface area contributed by atoms with Gasteiger partial charge in [0.15, 0.2) is 15.6 Å². The number of methoxy groups -OCH3 is 1. The molecule has 0 aliphatic rings. The number of carbonyl (C=O) groups is 1. The van der Waals surface area contributed by atoms with Crippen LogP contribution in [0.15, 0.2) is 59.2 Å². The quantitative estimate of drug-likeness (QED) is 0.601. The number of para-hydroxylation sites is 1. The molecule has 1 heterocycles. The van der Waals surface area contributed by atoms with Crippen molar-refractivity contribution in [3.8, 4) is 16.9 Å². The van der Waals surface area contributed by atoms with Crippen molar-refractivity contribution in [1.82, 2.24) is 9.54 Å². The average Bonchev–Trinajstić information content (AvgIpc) is 3.09. The van der Waals surface area contributed by atoms with Gasteiger partial charge in [-0.15, -0.1) is 0 Å². The summed E-state index contributed by atoms with van der Waals surface area (Å²) in [5.41, 5.74) is 1.63. The van der Waals surface area contributed by atoms with Crippen molar-refractivity contribution >= 4 is 35.8 Å². The van der Waals surface area contributed by atoms with E-state index in [-0.39, 0.29) is 10.3 Å². The SMILES string of the molecule is COC(=O)CS(=O)(=O)c1pn(-c2ccccc2)nc1-c1ccc(Cl)cc1. The van der Waals surface area contributed by atoms with Crippen LogP contribution in [0.1, 0.15) is 0 Å². The molecule has 1 aromatic heterocycles. The monoisotopic (exact) mass is 408 g/mol. The Labute approximate surface area is 157 Å². The van der Waals surface area contributed by atoms with E-state index in [4.69, 9.17) is 11.6 Å². The number of hydrogen-bond acceptors (Lipinski definition) is 5. The summed E-state index contributed by atoms with van der Waals surface area (Å²) in [6.07, 6.45) is 0. The highest BCUT2D eigenvalue weighted by atomic mass is 35.5. The summed E-state index contributed by atoms with van der Waals surface area (Å²) in [5, 5.41) is 5.00. The minimum Gasteiger partial charge on any atom is -0.468 e. The normalized spacial score (nSPS) is 11.6. The number of benzene rings is 2. The molecule has 0 radical (unpaired) electrons. The van der Waals surface area contributed by atoms with Gasteiger partial charge in [0.1, 0.15) is 10.3 Å². The van der Waals surface area contributed by atoms with Crippen LogP contribution in [0.25, 0.3) is 16.9 Å². The van der Waals surface area contributed by atoms with Gasteiger partial charge in [-0.3, -0.25) is 4.79 Å². The number of ether oxygens (including phenoxy) is 1. The molecule has 9 heteroatoms. The Hall–Kier alpha value is -2.21. The Kier molecular flexibility index (Phi) is 5.41. The van der Waals surface area contributed by atoms with Crippen LogP contribution in [0.5, 0.6) is 0 Å². The van der Waals surface area contributed by atoms with E-state index in [2.05, 4.69) is 9.84 Å². The van der Waals surface area contributed by atoms with Crippen molar-refractivity contribution < 1.29 is 17.9 Å². The number of hydrogen-bond donors (Lipinski definition) is 0. The Morgan fingerprint density at radius 2 is 1.81 bits per heavy atom. The van der Waals surface area contributed by atoms with Gasteiger partial charge in [-0.05, 0) is 24.3 Å². The summed E-state index contributed by atoms with van der Waals surface area (Å²) in [7, 11) is -2.40. The molecule has 0 unspecified atom stereocenters. The van der Waals surface area contributed by atoms with Crippen molar-refractivity contribution in [2.24, 2.45) is 0 Å². The molecule has 134 valence electrons. The fourth-order valence-corrected chi connectivity index (χ4v) is 5.14. The van der Waals surface area contributed by atoms with Crippen LogP contribution in [-0.2, 0) is 19.4 Å². The van der Waals surface area contributed by atoms with Crippen LogP contribution in [0.2, 0.25) is 5.02 Å². The van der Waals surface area contributed by atoms with E-state index in [9.17, 15) is 13.2 Å². The zero-order chi connectivity index (χ0) is 18.7. The molecule has 0 amide bonds. The van der Waals surface area contributed by atoms with Gasteiger partial charge >= 0.3 is 5.97 Å². The van der Waals surface area contributed by atoms with Gasteiger partial charge in [0, 0.05) is 10.6 Å². The van der Waals surface area contributed by atoms with Crippen molar-refractivity contribution in [3.63, 3.8) is 0 Å². The standard InChI is InChI=1S/C17H14ClN2O4PS/c1-24-15(21)11-26(22,23)17-16(12-7-9-13(18)10-8-12)19-20(25-17)14-5-3-2-4-6-14/h2-10H,11H2,1H3. The number of esters is 1. The first-order valence-corrected chi connectivity index (χ1v) is 10.4. The van der Waals surface area contributed by atoms with Gasteiger partial charge in [0.05, 0.1) is 21.1 Å². The van der Waals surface area contributed by atoms with Crippen LogP contribution in [0, 0.1) is 0 Å². The topological polar surface area (TPSA) is 78.3 Å². The van der Waals surface area contributed by atoms with Crippen molar-refractivity contribution in [1.29, 1.82) is 0 Å². The predicted octanol–water partition coefficient (Wildman–Crippen LogP) is 3.72. The molecule has 0 aliphatic carbocycles. The third kappa shape index (κ3) is 3.96. The highest BCUT2D eigenvalue weighted by molar-refractivity contribution is 7.94. The zero-order valence-electron chi connectivity index (χ0n) is 13.7. The Balaban J connectivity index is 2.16. The van der Waals surface area contributed by atoms with Crippen LogP contribution < -0.4 is 0 Å². The summed E-state index contributed by atoms with van der Waals surface area (Å²) in [5.74, 6) is -1.55. The molecule has 3 rings (SSSR count). The van der Waals surface area contributed by atoms with Crippen molar-refractivity contribution in [3.05, 3.63) is 59.6 Å². The van der Waals surface area contributed by atoms with Gasteiger partial charge in [-0.1, -0.05) is 41.9 Å². The van der Waals surface area contributed by atoms with Crippen LogP contribution in [0.4, 0.5) is 0 Å². The highest BCUT2D eigenvalue weighted by Gasteiger charge is 2.28. The lowest BCUT2D eigenvalue weighted by Crippen LogP contribution is -2.17. The molecule has 26 heavy (non-hydrogen) atoms. The van der Waals surface area contributed by atoms with Gasteiger partial charge in [-0.2, -0.15) is 5.10 Å². The van der Waals surface area contributed by atoms with E-state index >= 15 is 0 Å². The van der Waals surface area contributed by atoms with Crippen LogP contribution >= 0.6 is 20.0 Å². The first-order chi connectivity index (χ1) is 12.4. The third-order valence-electron chi connectivity index (χ3n) is 3.52. The number of carbonyl (C=O) groups excluding carboxylic acids is 1. The molecule has 2 aromatic carbocycles. The summed E-state index contributed by atoms with van der Waals surface area (Å²) in [4.78, 5) is 11.5. The van der Waals surface area contributed by atoms with Crippen LogP contribution in [0.3, 0.4) is 0 Å². The van der Waals surface area contributed by atoms with E-state index in [1.807, 2.05) is 30.3 Å². The molecule has 0 atom stereocenters. The number of nitrogens with zero attached hydrogens (tertiary/aromatic N) is 2. The molecule has 0 saturated heterocycles. The predicted molar refractivity (Wildman–Crippen MR) is 101 cm³/mol. The maximum atomic E-state index is 12.8. The lowest BCUT2D eigenvalue weighted by atomic mass is 10.2. The highest BCUT2D eigenvalue weighted by Crippen LogP contribution is 2.35. The number of rotatable bonds is 5. The first-order valence-electron chi connectivity index (χ1n) is 7.49. The molecule has 6 nitrogen and oxygen atoms in total. The van der Waals surface area contributed by atoms with E-state index in [1.165, 1.54) is 0 Å². The minimum absolute atomic E-state index is 0.0501. The second kappa shape index (κ2) is 7.58. The van der Waals surface area contributed by atoms with Gasteiger partial charge in [0.25, 0.3) is 0 Å². The number of halogens is 1. The zero-order valence-corrected chi connectivity index (χ0v) is 16.1. The molecular formula is C17H14ClN2O4PS. The molecule has 0 saturated carbocycles. The second-order valence-electron chi connectivity index (χ2n) is 5.32. The Morgan fingerprint density at radius 3 is 2.42 bits per heavy atom. The lowest BCUT2D eigenvalue weighted by Gasteiger charge is -2.03. The summed E-state index contributed by atoms with van der Waals surface area (Å²) >= 11 is 5.92. The number of aromatic nitrogens is 2. The summed E-state index contributed by atoms with van der Waals surface area (Å²) < 4.78 is 31.6. The van der Waals surface area contributed by atoms with Crippen molar-refractivity contribution in [2.45, 2.75) is 4.63 Å². The fourth-order valence-electron chi connectivity index (χ4n) is 2.25. The maximum Gasteiger partial charge on any atom is 0.321 e. The van der Waals surface area contributed by atoms with Crippen molar-refractivity contribution in [2.75, 3.05) is 12.9 Å². The third-order valence-corrected chi connectivity index (χ3v) is 7.15. The molecular weight excluding hydrogens is 395 g/mol.